The monoisotopic (exact) mass is 265 g/mol. The largest absolute Gasteiger partial charge is 0.326 e. The maximum atomic E-state index is 5.68. The number of thiophene rings is 1. The molecule has 0 aliphatic carbocycles. The summed E-state index contributed by atoms with van der Waals surface area (Å²) in [6, 6.07) is 6.05. The SMILES string of the molecule is CN1C2CCC1CN(Cc1ccc(CN)s1)CC2. The third kappa shape index (κ3) is 2.48. The molecular formula is C14H23N3S. The molecule has 2 unspecified atom stereocenters. The van der Waals surface area contributed by atoms with Crippen molar-refractivity contribution in [2.24, 2.45) is 5.73 Å². The summed E-state index contributed by atoms with van der Waals surface area (Å²) in [7, 11) is 2.31. The first-order valence-corrected chi connectivity index (χ1v) is 7.80. The summed E-state index contributed by atoms with van der Waals surface area (Å²) in [6.45, 7) is 4.28. The van der Waals surface area contributed by atoms with Crippen molar-refractivity contribution in [2.45, 2.75) is 44.4 Å². The van der Waals surface area contributed by atoms with Gasteiger partial charge in [-0.3, -0.25) is 9.80 Å². The molecule has 0 radical (unpaired) electrons. The van der Waals surface area contributed by atoms with E-state index in [1.54, 1.807) is 0 Å². The van der Waals surface area contributed by atoms with E-state index >= 15 is 0 Å². The predicted octanol–water partition coefficient (Wildman–Crippen LogP) is 1.88. The van der Waals surface area contributed by atoms with Gasteiger partial charge in [-0.15, -0.1) is 11.3 Å². The number of nitrogens with zero attached hydrogens (tertiary/aromatic N) is 2. The van der Waals surface area contributed by atoms with Crippen LogP contribution in [0, 0.1) is 0 Å². The quantitative estimate of drug-likeness (QED) is 0.905. The number of hydrogen-bond donors (Lipinski definition) is 1. The number of nitrogens with two attached hydrogens (primary N) is 1. The highest BCUT2D eigenvalue weighted by atomic mass is 32.1. The van der Waals surface area contributed by atoms with E-state index in [0.29, 0.717) is 6.54 Å². The van der Waals surface area contributed by atoms with E-state index in [4.69, 9.17) is 5.73 Å². The third-order valence-electron chi connectivity index (χ3n) is 4.53. The molecule has 2 atom stereocenters. The van der Waals surface area contributed by atoms with Gasteiger partial charge in [-0.2, -0.15) is 0 Å². The molecule has 3 heterocycles. The van der Waals surface area contributed by atoms with Crippen molar-refractivity contribution in [3.05, 3.63) is 21.9 Å². The highest BCUT2D eigenvalue weighted by molar-refractivity contribution is 7.11. The molecule has 0 aromatic carbocycles. The van der Waals surface area contributed by atoms with Gasteiger partial charge in [-0.1, -0.05) is 0 Å². The summed E-state index contributed by atoms with van der Waals surface area (Å²) in [5, 5.41) is 0. The van der Waals surface area contributed by atoms with Crippen LogP contribution in [0.2, 0.25) is 0 Å². The van der Waals surface area contributed by atoms with E-state index < -0.39 is 0 Å². The first-order valence-electron chi connectivity index (χ1n) is 6.98. The van der Waals surface area contributed by atoms with E-state index in [1.165, 1.54) is 42.1 Å². The first kappa shape index (κ1) is 12.6. The van der Waals surface area contributed by atoms with Crippen molar-refractivity contribution < 1.29 is 0 Å². The Kier molecular flexibility index (Phi) is 3.71. The standard InChI is InChI=1S/C14H23N3S/c1-16-11-2-3-12(16)9-17(7-6-11)10-14-5-4-13(8-15)18-14/h4-5,11-12H,2-3,6-10,15H2,1H3. The average molecular weight is 265 g/mol. The zero-order valence-electron chi connectivity index (χ0n) is 11.1. The zero-order chi connectivity index (χ0) is 12.5. The lowest BCUT2D eigenvalue weighted by Gasteiger charge is -2.25. The fourth-order valence-corrected chi connectivity index (χ4v) is 4.30. The van der Waals surface area contributed by atoms with Crippen molar-refractivity contribution in [2.75, 3.05) is 20.1 Å². The van der Waals surface area contributed by atoms with Gasteiger partial charge < -0.3 is 5.73 Å². The molecule has 2 bridgehead atoms. The maximum absolute atomic E-state index is 5.68. The summed E-state index contributed by atoms with van der Waals surface area (Å²) >= 11 is 1.87. The lowest BCUT2D eigenvalue weighted by Crippen LogP contribution is -2.36. The van der Waals surface area contributed by atoms with Crippen LogP contribution in [0.3, 0.4) is 0 Å². The normalized spacial score (nSPS) is 29.7. The van der Waals surface area contributed by atoms with Crippen LogP contribution in [-0.4, -0.2) is 42.0 Å². The molecule has 0 amide bonds. The predicted molar refractivity (Wildman–Crippen MR) is 76.7 cm³/mol. The summed E-state index contributed by atoms with van der Waals surface area (Å²) in [5.74, 6) is 0. The minimum atomic E-state index is 0.679. The molecule has 100 valence electrons. The van der Waals surface area contributed by atoms with Gasteiger partial charge in [-0.25, -0.2) is 0 Å². The second-order valence-corrected chi connectivity index (χ2v) is 6.90. The average Bonchev–Trinajstić information content (AvgIpc) is 2.89. The van der Waals surface area contributed by atoms with Gasteiger partial charge in [0.2, 0.25) is 0 Å². The molecule has 2 fully saturated rings. The van der Waals surface area contributed by atoms with Gasteiger partial charge in [0.05, 0.1) is 0 Å². The van der Waals surface area contributed by atoms with Gasteiger partial charge >= 0.3 is 0 Å². The molecule has 2 N–H and O–H groups in total. The highest BCUT2D eigenvalue weighted by Crippen LogP contribution is 2.29. The Morgan fingerprint density at radius 1 is 1.22 bits per heavy atom. The summed E-state index contributed by atoms with van der Waals surface area (Å²) in [5.41, 5.74) is 5.68. The van der Waals surface area contributed by atoms with Crippen LogP contribution in [-0.2, 0) is 13.1 Å². The van der Waals surface area contributed by atoms with Gasteiger partial charge in [0.1, 0.15) is 0 Å². The molecule has 0 saturated carbocycles. The van der Waals surface area contributed by atoms with Crippen molar-refractivity contribution in [3.63, 3.8) is 0 Å². The van der Waals surface area contributed by atoms with E-state index in [9.17, 15) is 0 Å². The second kappa shape index (κ2) is 5.29. The summed E-state index contributed by atoms with van der Waals surface area (Å²) in [4.78, 5) is 8.01. The highest BCUT2D eigenvalue weighted by Gasteiger charge is 2.34. The number of hydrogen-bond acceptors (Lipinski definition) is 4. The Morgan fingerprint density at radius 2 is 2.00 bits per heavy atom. The Hall–Kier alpha value is -0.420. The van der Waals surface area contributed by atoms with Crippen LogP contribution < -0.4 is 5.73 Å². The van der Waals surface area contributed by atoms with Gasteiger partial charge in [0.25, 0.3) is 0 Å². The molecule has 1 aromatic heterocycles. The third-order valence-corrected chi connectivity index (χ3v) is 5.62. The molecule has 4 heteroatoms. The lowest BCUT2D eigenvalue weighted by molar-refractivity contribution is 0.215. The molecule has 1 aromatic rings. The summed E-state index contributed by atoms with van der Waals surface area (Å²) < 4.78 is 0. The second-order valence-electron chi connectivity index (χ2n) is 5.65. The Balaban J connectivity index is 1.63. The fourth-order valence-electron chi connectivity index (χ4n) is 3.36. The maximum Gasteiger partial charge on any atom is 0.0328 e. The van der Waals surface area contributed by atoms with E-state index in [1.807, 2.05) is 11.3 Å². The Bertz CT molecular complexity index is 403. The molecule has 2 aliphatic rings. The van der Waals surface area contributed by atoms with Crippen molar-refractivity contribution >= 4 is 11.3 Å². The molecule has 3 rings (SSSR count). The van der Waals surface area contributed by atoms with Crippen LogP contribution in [0.25, 0.3) is 0 Å². The van der Waals surface area contributed by atoms with Crippen molar-refractivity contribution in [3.8, 4) is 0 Å². The zero-order valence-corrected chi connectivity index (χ0v) is 12.0. The Morgan fingerprint density at radius 3 is 2.78 bits per heavy atom. The van der Waals surface area contributed by atoms with Crippen LogP contribution in [0.5, 0.6) is 0 Å². The minimum Gasteiger partial charge on any atom is -0.326 e. The van der Waals surface area contributed by atoms with Gasteiger partial charge in [0.15, 0.2) is 0 Å². The lowest BCUT2D eigenvalue weighted by atomic mass is 10.1. The van der Waals surface area contributed by atoms with E-state index in [-0.39, 0.29) is 0 Å². The smallest absolute Gasteiger partial charge is 0.0328 e. The van der Waals surface area contributed by atoms with Crippen LogP contribution in [0.1, 0.15) is 29.0 Å². The number of likely N-dealkylation sites (tertiary alicyclic amines) is 1. The first-order chi connectivity index (χ1) is 8.76. The topological polar surface area (TPSA) is 32.5 Å². The molecular weight excluding hydrogens is 242 g/mol. The van der Waals surface area contributed by atoms with Crippen molar-refractivity contribution in [1.82, 2.24) is 9.80 Å². The van der Waals surface area contributed by atoms with Crippen LogP contribution in [0.4, 0.5) is 0 Å². The fraction of sp³-hybridized carbons (Fsp3) is 0.714. The summed E-state index contributed by atoms with van der Waals surface area (Å²) in [6.07, 6.45) is 4.13. The van der Waals surface area contributed by atoms with Crippen molar-refractivity contribution in [1.29, 1.82) is 0 Å². The minimum absolute atomic E-state index is 0.679. The van der Waals surface area contributed by atoms with Crippen LogP contribution >= 0.6 is 11.3 Å². The van der Waals surface area contributed by atoms with Crippen LogP contribution in [0.15, 0.2) is 12.1 Å². The van der Waals surface area contributed by atoms with Gasteiger partial charge in [0, 0.05) is 48.0 Å². The molecule has 3 nitrogen and oxygen atoms in total. The van der Waals surface area contributed by atoms with E-state index in [0.717, 1.165) is 18.6 Å². The Labute approximate surface area is 114 Å². The van der Waals surface area contributed by atoms with E-state index in [2.05, 4.69) is 29.0 Å². The number of rotatable bonds is 3. The van der Waals surface area contributed by atoms with Gasteiger partial charge in [-0.05, 0) is 38.4 Å². The molecule has 2 aliphatic heterocycles. The number of likely N-dealkylation sites (N-methyl/N-ethyl adjacent to an activating group) is 1. The molecule has 2 saturated heterocycles. The molecule has 0 spiro atoms. The molecule has 18 heavy (non-hydrogen) atoms. The number of fused-ring (bicyclic) bond motifs is 2.